The predicted molar refractivity (Wildman–Crippen MR) is 87.8 cm³/mol. The fourth-order valence-electron chi connectivity index (χ4n) is 3.34. The summed E-state index contributed by atoms with van der Waals surface area (Å²) >= 11 is 12.6. The molecule has 2 nitrogen and oxygen atoms in total. The summed E-state index contributed by atoms with van der Waals surface area (Å²) in [5.41, 5.74) is 7.19. The second kappa shape index (κ2) is 7.65. The van der Waals surface area contributed by atoms with E-state index in [1.807, 2.05) is 12.1 Å². The normalized spacial score (nSPS) is 21.9. The lowest BCUT2D eigenvalue weighted by molar-refractivity contribution is 0.127. The number of nitrogens with two attached hydrogens (primary N) is 1. The molecule has 1 heterocycles. The molecule has 2 atom stereocenters. The van der Waals surface area contributed by atoms with E-state index < -0.39 is 0 Å². The third-order valence-corrected chi connectivity index (χ3v) is 5.11. The van der Waals surface area contributed by atoms with Gasteiger partial charge in [0.1, 0.15) is 0 Å². The van der Waals surface area contributed by atoms with Crippen molar-refractivity contribution in [3.8, 4) is 0 Å². The summed E-state index contributed by atoms with van der Waals surface area (Å²) in [6, 6.07) is 6.37. The maximum absolute atomic E-state index is 6.40. The monoisotopic (exact) mass is 314 g/mol. The summed E-state index contributed by atoms with van der Waals surface area (Å²) < 4.78 is 0. The Morgan fingerprint density at radius 3 is 2.85 bits per heavy atom. The number of likely N-dealkylation sites (tertiary alicyclic amines) is 1. The van der Waals surface area contributed by atoms with Crippen molar-refractivity contribution in [1.82, 2.24) is 4.90 Å². The van der Waals surface area contributed by atoms with Gasteiger partial charge >= 0.3 is 0 Å². The van der Waals surface area contributed by atoms with Crippen molar-refractivity contribution in [1.29, 1.82) is 0 Å². The second-order valence-corrected chi connectivity index (χ2v) is 6.37. The Labute approximate surface area is 132 Å². The van der Waals surface area contributed by atoms with Crippen LogP contribution < -0.4 is 5.73 Å². The minimum atomic E-state index is 0.271. The van der Waals surface area contributed by atoms with Gasteiger partial charge in [-0.25, -0.2) is 0 Å². The maximum Gasteiger partial charge on any atom is 0.0628 e. The van der Waals surface area contributed by atoms with Crippen LogP contribution in [0.15, 0.2) is 18.2 Å². The van der Waals surface area contributed by atoms with E-state index in [1.54, 1.807) is 0 Å². The standard InChI is InChI=1S/C16H24Cl2N2/c1-2-9-20-10-4-3-8-15(20)13(11-19)12-6-5-7-14(17)16(12)18/h5-7,13,15H,2-4,8-11,19H2,1H3. The molecule has 1 fully saturated rings. The first-order chi connectivity index (χ1) is 9.69. The van der Waals surface area contributed by atoms with Gasteiger partial charge in [-0.2, -0.15) is 0 Å². The van der Waals surface area contributed by atoms with Gasteiger partial charge in [0.2, 0.25) is 0 Å². The molecular weight excluding hydrogens is 291 g/mol. The van der Waals surface area contributed by atoms with Crippen molar-refractivity contribution < 1.29 is 0 Å². The third kappa shape index (κ3) is 3.48. The van der Waals surface area contributed by atoms with Crippen molar-refractivity contribution in [2.24, 2.45) is 5.73 Å². The van der Waals surface area contributed by atoms with Crippen LogP contribution in [0.2, 0.25) is 10.0 Å². The lowest BCUT2D eigenvalue weighted by Crippen LogP contribution is -2.45. The highest BCUT2D eigenvalue weighted by molar-refractivity contribution is 6.42. The van der Waals surface area contributed by atoms with Crippen LogP contribution in [0.5, 0.6) is 0 Å². The zero-order valence-corrected chi connectivity index (χ0v) is 13.6. The highest BCUT2D eigenvalue weighted by Gasteiger charge is 2.31. The van der Waals surface area contributed by atoms with E-state index >= 15 is 0 Å². The minimum absolute atomic E-state index is 0.271. The van der Waals surface area contributed by atoms with E-state index in [1.165, 1.54) is 32.2 Å². The average molecular weight is 315 g/mol. The van der Waals surface area contributed by atoms with Crippen LogP contribution >= 0.6 is 23.2 Å². The van der Waals surface area contributed by atoms with Crippen LogP contribution in [-0.4, -0.2) is 30.6 Å². The summed E-state index contributed by atoms with van der Waals surface area (Å²) in [6.07, 6.45) is 4.94. The molecule has 2 N–H and O–H groups in total. The Morgan fingerprint density at radius 2 is 2.15 bits per heavy atom. The Kier molecular flexibility index (Phi) is 6.16. The predicted octanol–water partition coefficient (Wildman–Crippen LogP) is 4.30. The van der Waals surface area contributed by atoms with Gasteiger partial charge in [0.25, 0.3) is 0 Å². The van der Waals surface area contributed by atoms with Crippen LogP contribution in [-0.2, 0) is 0 Å². The van der Waals surface area contributed by atoms with Gasteiger partial charge in [0, 0.05) is 18.5 Å². The fourth-order valence-corrected chi connectivity index (χ4v) is 3.78. The smallest absolute Gasteiger partial charge is 0.0628 e. The first-order valence-electron chi connectivity index (χ1n) is 7.57. The third-order valence-electron chi connectivity index (χ3n) is 4.27. The van der Waals surface area contributed by atoms with Gasteiger partial charge in [0.15, 0.2) is 0 Å². The lowest BCUT2D eigenvalue weighted by Gasteiger charge is -2.40. The summed E-state index contributed by atoms with van der Waals surface area (Å²) in [6.45, 7) is 5.16. The molecular formula is C16H24Cl2N2. The van der Waals surface area contributed by atoms with Crippen LogP contribution in [0.4, 0.5) is 0 Å². The topological polar surface area (TPSA) is 29.3 Å². The number of benzene rings is 1. The number of nitrogens with zero attached hydrogens (tertiary/aromatic N) is 1. The molecule has 1 aliphatic rings. The molecule has 0 spiro atoms. The molecule has 0 saturated carbocycles. The van der Waals surface area contributed by atoms with Gasteiger partial charge in [-0.1, -0.05) is 48.7 Å². The quantitative estimate of drug-likeness (QED) is 0.878. The maximum atomic E-state index is 6.40. The van der Waals surface area contributed by atoms with E-state index in [0.29, 0.717) is 22.6 Å². The molecule has 1 aromatic carbocycles. The summed E-state index contributed by atoms with van der Waals surface area (Å²) in [7, 11) is 0. The number of hydrogen-bond acceptors (Lipinski definition) is 2. The number of piperidine rings is 1. The summed E-state index contributed by atoms with van der Waals surface area (Å²) in [5.74, 6) is 0.271. The summed E-state index contributed by atoms with van der Waals surface area (Å²) in [5, 5.41) is 1.30. The van der Waals surface area contributed by atoms with Crippen LogP contribution in [0.25, 0.3) is 0 Å². The van der Waals surface area contributed by atoms with Crippen LogP contribution in [0, 0.1) is 0 Å². The molecule has 0 bridgehead atoms. The molecule has 1 aliphatic heterocycles. The molecule has 2 rings (SSSR count). The number of halogens is 2. The largest absolute Gasteiger partial charge is 0.330 e. The molecule has 0 aliphatic carbocycles. The van der Waals surface area contributed by atoms with E-state index in [9.17, 15) is 0 Å². The molecule has 0 aromatic heterocycles. The lowest BCUT2D eigenvalue weighted by atomic mass is 9.85. The highest BCUT2D eigenvalue weighted by atomic mass is 35.5. The number of hydrogen-bond donors (Lipinski definition) is 1. The fraction of sp³-hybridized carbons (Fsp3) is 0.625. The highest BCUT2D eigenvalue weighted by Crippen LogP contribution is 2.36. The zero-order chi connectivity index (χ0) is 14.5. The van der Waals surface area contributed by atoms with Crippen molar-refractivity contribution in [3.63, 3.8) is 0 Å². The summed E-state index contributed by atoms with van der Waals surface area (Å²) in [4.78, 5) is 2.58. The Hall–Kier alpha value is -0.280. The Morgan fingerprint density at radius 1 is 1.35 bits per heavy atom. The molecule has 2 unspecified atom stereocenters. The number of rotatable bonds is 5. The zero-order valence-electron chi connectivity index (χ0n) is 12.1. The molecule has 1 aromatic rings. The van der Waals surface area contributed by atoms with E-state index in [0.717, 1.165) is 12.1 Å². The van der Waals surface area contributed by atoms with Crippen molar-refractivity contribution in [3.05, 3.63) is 33.8 Å². The van der Waals surface area contributed by atoms with Gasteiger partial charge in [0.05, 0.1) is 10.0 Å². The van der Waals surface area contributed by atoms with E-state index in [4.69, 9.17) is 28.9 Å². The average Bonchev–Trinajstić information content (AvgIpc) is 2.46. The van der Waals surface area contributed by atoms with E-state index in [-0.39, 0.29) is 5.92 Å². The van der Waals surface area contributed by atoms with Crippen molar-refractivity contribution in [2.75, 3.05) is 19.6 Å². The van der Waals surface area contributed by atoms with Crippen molar-refractivity contribution in [2.45, 2.75) is 44.6 Å². The Bertz CT molecular complexity index is 434. The van der Waals surface area contributed by atoms with Gasteiger partial charge in [-0.3, -0.25) is 4.90 Å². The van der Waals surface area contributed by atoms with Crippen LogP contribution in [0.1, 0.15) is 44.1 Å². The van der Waals surface area contributed by atoms with Crippen molar-refractivity contribution >= 4 is 23.2 Å². The SMILES string of the molecule is CCCN1CCCCC1C(CN)c1cccc(Cl)c1Cl. The first kappa shape index (κ1) is 16.1. The van der Waals surface area contributed by atoms with Gasteiger partial charge in [-0.05, 0) is 44.0 Å². The molecule has 0 amide bonds. The second-order valence-electron chi connectivity index (χ2n) is 5.58. The molecule has 1 saturated heterocycles. The van der Waals surface area contributed by atoms with Gasteiger partial charge < -0.3 is 5.73 Å². The molecule has 4 heteroatoms. The molecule has 20 heavy (non-hydrogen) atoms. The Balaban J connectivity index is 2.27. The first-order valence-corrected chi connectivity index (χ1v) is 8.32. The van der Waals surface area contributed by atoms with Crippen LogP contribution in [0.3, 0.4) is 0 Å². The molecule has 0 radical (unpaired) electrons. The molecule has 112 valence electrons. The van der Waals surface area contributed by atoms with E-state index in [2.05, 4.69) is 17.9 Å². The van der Waals surface area contributed by atoms with Gasteiger partial charge in [-0.15, -0.1) is 0 Å². The minimum Gasteiger partial charge on any atom is -0.330 e.